The SMILES string of the molecule is CC[C@@H](NS(=O)(=O)c1ccc(C)c([N+](=O)[O-])c1)c1ccc(OC)c(C)c1. The molecule has 2 rings (SSSR count). The summed E-state index contributed by atoms with van der Waals surface area (Å²) < 4.78 is 33.3. The van der Waals surface area contributed by atoms with Crippen LogP contribution in [-0.4, -0.2) is 20.5 Å². The lowest BCUT2D eigenvalue weighted by Crippen LogP contribution is -2.28. The van der Waals surface area contributed by atoms with Crippen molar-refractivity contribution in [2.24, 2.45) is 0 Å². The number of methoxy groups -OCH3 is 1. The standard InChI is InChI=1S/C18H22N2O5S/c1-5-16(14-7-9-18(25-4)13(3)10-14)19-26(23,24)15-8-6-12(2)17(11-15)20(21)22/h6-11,16,19H,5H2,1-4H3/t16-/m1/s1. The molecule has 0 bridgehead atoms. The Morgan fingerprint density at radius 3 is 2.38 bits per heavy atom. The van der Waals surface area contributed by atoms with Gasteiger partial charge in [-0.2, -0.15) is 0 Å². The van der Waals surface area contributed by atoms with Crippen molar-refractivity contribution in [2.75, 3.05) is 7.11 Å². The predicted molar refractivity (Wildman–Crippen MR) is 98.9 cm³/mol. The average Bonchev–Trinajstić information content (AvgIpc) is 2.59. The highest BCUT2D eigenvalue weighted by atomic mass is 32.2. The first-order chi connectivity index (χ1) is 12.2. The second-order valence-corrected chi connectivity index (χ2v) is 7.73. The maximum atomic E-state index is 12.7. The van der Waals surface area contributed by atoms with E-state index in [0.29, 0.717) is 12.0 Å². The number of nitrogens with one attached hydrogen (secondary N) is 1. The maximum absolute atomic E-state index is 12.7. The van der Waals surface area contributed by atoms with Gasteiger partial charge in [0, 0.05) is 17.7 Å². The zero-order valence-corrected chi connectivity index (χ0v) is 16.0. The van der Waals surface area contributed by atoms with Crippen molar-refractivity contribution in [2.45, 2.75) is 38.1 Å². The third kappa shape index (κ3) is 4.20. The third-order valence-electron chi connectivity index (χ3n) is 4.21. The quantitative estimate of drug-likeness (QED) is 0.586. The minimum Gasteiger partial charge on any atom is -0.496 e. The molecule has 2 aromatic rings. The molecule has 0 aliphatic carbocycles. The lowest BCUT2D eigenvalue weighted by molar-refractivity contribution is -0.385. The van der Waals surface area contributed by atoms with Crippen LogP contribution in [0.25, 0.3) is 0 Å². The fourth-order valence-corrected chi connectivity index (χ4v) is 4.04. The molecule has 0 heterocycles. The molecule has 0 unspecified atom stereocenters. The summed E-state index contributed by atoms with van der Waals surface area (Å²) in [6, 6.07) is 8.90. The molecule has 8 heteroatoms. The van der Waals surface area contributed by atoms with Crippen LogP contribution in [0.2, 0.25) is 0 Å². The van der Waals surface area contributed by atoms with Crippen molar-refractivity contribution in [1.29, 1.82) is 0 Å². The Morgan fingerprint density at radius 2 is 1.85 bits per heavy atom. The molecule has 0 aliphatic rings. The number of hydrogen-bond acceptors (Lipinski definition) is 5. The van der Waals surface area contributed by atoms with Crippen molar-refractivity contribution in [1.82, 2.24) is 4.72 Å². The van der Waals surface area contributed by atoms with Crippen LogP contribution in [0.1, 0.15) is 36.1 Å². The van der Waals surface area contributed by atoms with Gasteiger partial charge in [-0.25, -0.2) is 13.1 Å². The summed E-state index contributed by atoms with van der Waals surface area (Å²) in [5.74, 6) is 0.723. The van der Waals surface area contributed by atoms with Crippen LogP contribution in [0.15, 0.2) is 41.3 Å². The van der Waals surface area contributed by atoms with Crippen molar-refractivity contribution in [3.05, 3.63) is 63.2 Å². The van der Waals surface area contributed by atoms with Crippen LogP contribution in [0, 0.1) is 24.0 Å². The van der Waals surface area contributed by atoms with Gasteiger partial charge in [-0.15, -0.1) is 0 Å². The molecule has 2 aromatic carbocycles. The number of rotatable bonds is 7. The van der Waals surface area contributed by atoms with E-state index >= 15 is 0 Å². The van der Waals surface area contributed by atoms with Gasteiger partial charge in [-0.1, -0.05) is 25.1 Å². The monoisotopic (exact) mass is 378 g/mol. The van der Waals surface area contributed by atoms with E-state index in [9.17, 15) is 18.5 Å². The van der Waals surface area contributed by atoms with E-state index in [1.54, 1.807) is 26.2 Å². The highest BCUT2D eigenvalue weighted by molar-refractivity contribution is 7.89. The Labute approximate surface area is 153 Å². The van der Waals surface area contributed by atoms with E-state index in [-0.39, 0.29) is 10.6 Å². The Bertz CT molecular complexity index is 925. The Kier molecular flexibility index (Phi) is 5.99. The number of ether oxygens (including phenoxy) is 1. The lowest BCUT2D eigenvalue weighted by atomic mass is 10.0. The van der Waals surface area contributed by atoms with Crippen LogP contribution in [0.4, 0.5) is 5.69 Å². The Balaban J connectivity index is 2.36. The topological polar surface area (TPSA) is 98.5 Å². The molecular weight excluding hydrogens is 356 g/mol. The summed E-state index contributed by atoms with van der Waals surface area (Å²) in [7, 11) is -2.33. The van der Waals surface area contributed by atoms with Gasteiger partial charge in [0.05, 0.1) is 16.9 Å². The molecule has 0 spiro atoms. The fourth-order valence-electron chi connectivity index (χ4n) is 2.71. The third-order valence-corrected chi connectivity index (χ3v) is 5.68. The largest absolute Gasteiger partial charge is 0.496 e. The van der Waals surface area contributed by atoms with Gasteiger partial charge in [0.2, 0.25) is 10.0 Å². The number of hydrogen-bond donors (Lipinski definition) is 1. The molecule has 0 saturated carbocycles. The molecule has 0 aliphatic heterocycles. The number of sulfonamides is 1. The second kappa shape index (κ2) is 7.84. The summed E-state index contributed by atoms with van der Waals surface area (Å²) in [5, 5.41) is 11.1. The normalized spacial score (nSPS) is 12.6. The number of nitrogens with zero attached hydrogens (tertiary/aromatic N) is 1. The fraction of sp³-hybridized carbons (Fsp3) is 0.333. The molecule has 0 amide bonds. The summed E-state index contributed by atoms with van der Waals surface area (Å²) in [4.78, 5) is 10.4. The van der Waals surface area contributed by atoms with Crippen molar-refractivity contribution >= 4 is 15.7 Å². The molecule has 1 atom stereocenters. The zero-order valence-electron chi connectivity index (χ0n) is 15.1. The average molecular weight is 378 g/mol. The van der Waals surface area contributed by atoms with E-state index in [0.717, 1.165) is 22.9 Å². The highest BCUT2D eigenvalue weighted by Crippen LogP contribution is 2.27. The van der Waals surface area contributed by atoms with Gasteiger partial charge in [-0.3, -0.25) is 10.1 Å². The number of benzene rings is 2. The van der Waals surface area contributed by atoms with Crippen LogP contribution in [0.5, 0.6) is 5.75 Å². The first-order valence-corrected chi connectivity index (χ1v) is 9.59. The molecule has 1 N–H and O–H groups in total. The van der Waals surface area contributed by atoms with E-state index in [1.165, 1.54) is 12.1 Å². The van der Waals surface area contributed by atoms with E-state index < -0.39 is 21.0 Å². The number of aryl methyl sites for hydroxylation is 2. The molecule has 26 heavy (non-hydrogen) atoms. The highest BCUT2D eigenvalue weighted by Gasteiger charge is 2.23. The molecule has 0 aromatic heterocycles. The lowest BCUT2D eigenvalue weighted by Gasteiger charge is -2.19. The van der Waals surface area contributed by atoms with Gasteiger partial charge >= 0.3 is 0 Å². The summed E-state index contributed by atoms with van der Waals surface area (Å²) in [5.41, 5.74) is 1.89. The first-order valence-electron chi connectivity index (χ1n) is 8.11. The Morgan fingerprint density at radius 1 is 1.15 bits per heavy atom. The summed E-state index contributed by atoms with van der Waals surface area (Å²) >= 11 is 0. The maximum Gasteiger partial charge on any atom is 0.273 e. The van der Waals surface area contributed by atoms with Crippen molar-refractivity contribution in [3.63, 3.8) is 0 Å². The zero-order chi connectivity index (χ0) is 19.5. The second-order valence-electron chi connectivity index (χ2n) is 6.02. The van der Waals surface area contributed by atoms with Gasteiger partial charge < -0.3 is 4.74 Å². The van der Waals surface area contributed by atoms with Crippen LogP contribution in [0.3, 0.4) is 0 Å². The minimum atomic E-state index is -3.91. The van der Waals surface area contributed by atoms with Gasteiger partial charge in [0.15, 0.2) is 0 Å². The predicted octanol–water partition coefficient (Wildman–Crippen LogP) is 3.65. The molecule has 140 valence electrons. The van der Waals surface area contributed by atoms with Gasteiger partial charge in [0.25, 0.3) is 5.69 Å². The smallest absolute Gasteiger partial charge is 0.273 e. The van der Waals surface area contributed by atoms with Crippen LogP contribution < -0.4 is 9.46 Å². The molecule has 0 saturated heterocycles. The number of nitro benzene ring substituents is 1. The molecule has 0 radical (unpaired) electrons. The summed E-state index contributed by atoms with van der Waals surface area (Å²) in [6.45, 7) is 5.31. The van der Waals surface area contributed by atoms with Crippen molar-refractivity contribution in [3.8, 4) is 5.75 Å². The number of nitro groups is 1. The van der Waals surface area contributed by atoms with Crippen LogP contribution >= 0.6 is 0 Å². The first kappa shape index (κ1) is 19.9. The van der Waals surface area contributed by atoms with Crippen molar-refractivity contribution < 1.29 is 18.1 Å². The minimum absolute atomic E-state index is 0.126. The molecular formula is C18H22N2O5S. The molecule has 7 nitrogen and oxygen atoms in total. The Hall–Kier alpha value is -2.45. The van der Waals surface area contributed by atoms with E-state index in [4.69, 9.17) is 4.74 Å². The molecule has 0 fully saturated rings. The van der Waals surface area contributed by atoms with E-state index in [1.807, 2.05) is 19.9 Å². The van der Waals surface area contributed by atoms with Gasteiger partial charge in [-0.05, 0) is 43.5 Å². The van der Waals surface area contributed by atoms with E-state index in [2.05, 4.69) is 4.72 Å². The summed E-state index contributed by atoms with van der Waals surface area (Å²) in [6.07, 6.45) is 0.527. The van der Waals surface area contributed by atoms with Gasteiger partial charge in [0.1, 0.15) is 5.75 Å². The van der Waals surface area contributed by atoms with Crippen LogP contribution in [-0.2, 0) is 10.0 Å².